The van der Waals surface area contributed by atoms with Crippen molar-refractivity contribution in [1.82, 2.24) is 0 Å². The molecule has 1 aliphatic rings. The lowest BCUT2D eigenvalue weighted by atomic mass is 9.98. The van der Waals surface area contributed by atoms with Crippen molar-refractivity contribution in [2.75, 3.05) is 6.61 Å². The molecule has 104 valence electrons. The van der Waals surface area contributed by atoms with Crippen LogP contribution in [0.15, 0.2) is 48.5 Å². The van der Waals surface area contributed by atoms with Crippen molar-refractivity contribution in [1.29, 1.82) is 0 Å². The van der Waals surface area contributed by atoms with Gasteiger partial charge < -0.3 is 4.74 Å². The zero-order chi connectivity index (χ0) is 14.1. The predicted molar refractivity (Wildman–Crippen MR) is 84.0 cm³/mol. The maximum Gasteiger partial charge on any atom is 0.0579 e. The van der Waals surface area contributed by atoms with E-state index in [1.807, 2.05) is 0 Å². The minimum Gasteiger partial charge on any atom is -0.377 e. The van der Waals surface area contributed by atoms with Gasteiger partial charge in [-0.25, -0.2) is 0 Å². The van der Waals surface area contributed by atoms with Crippen LogP contribution >= 0.6 is 0 Å². The van der Waals surface area contributed by atoms with Crippen LogP contribution in [0.25, 0.3) is 11.1 Å². The first-order chi connectivity index (χ1) is 9.68. The molecule has 0 aromatic heterocycles. The molecule has 0 N–H and O–H groups in total. The molecule has 0 aliphatic heterocycles. The maximum absolute atomic E-state index is 6.10. The van der Waals surface area contributed by atoms with Crippen molar-refractivity contribution in [3.8, 4) is 11.1 Å². The average Bonchev–Trinajstić information content (AvgIpc) is 2.79. The van der Waals surface area contributed by atoms with Gasteiger partial charge in [0.05, 0.1) is 12.7 Å². The van der Waals surface area contributed by atoms with Crippen LogP contribution in [0.4, 0.5) is 0 Å². The van der Waals surface area contributed by atoms with Crippen molar-refractivity contribution in [3.63, 3.8) is 0 Å². The van der Waals surface area contributed by atoms with E-state index in [1.54, 1.807) is 0 Å². The maximum atomic E-state index is 6.10. The largest absolute Gasteiger partial charge is 0.377 e. The van der Waals surface area contributed by atoms with E-state index in [1.165, 1.54) is 22.3 Å². The summed E-state index contributed by atoms with van der Waals surface area (Å²) in [7, 11) is 0. The third-order valence-corrected chi connectivity index (χ3v) is 4.43. The molecule has 1 unspecified atom stereocenters. The molecule has 0 saturated heterocycles. The summed E-state index contributed by atoms with van der Waals surface area (Å²) in [4.78, 5) is 0. The first-order valence-electron chi connectivity index (χ1n) is 7.48. The van der Waals surface area contributed by atoms with E-state index >= 15 is 0 Å². The number of ether oxygens (including phenoxy) is 1. The molecule has 0 amide bonds. The number of hydrogen-bond donors (Lipinski definition) is 0. The van der Waals surface area contributed by atoms with E-state index in [4.69, 9.17) is 4.74 Å². The summed E-state index contributed by atoms with van der Waals surface area (Å²) >= 11 is 0. The molecule has 0 radical (unpaired) electrons. The van der Waals surface area contributed by atoms with Crippen LogP contribution < -0.4 is 0 Å². The molecule has 2 aromatic carbocycles. The van der Waals surface area contributed by atoms with Gasteiger partial charge in [-0.05, 0) is 35.1 Å². The topological polar surface area (TPSA) is 9.23 Å². The lowest BCUT2D eigenvalue weighted by Crippen LogP contribution is -2.19. The van der Waals surface area contributed by atoms with Crippen LogP contribution in [-0.4, -0.2) is 12.7 Å². The molecule has 3 rings (SSSR count). The molecule has 0 bridgehead atoms. The molecule has 1 heteroatoms. The minimum absolute atomic E-state index is 0.301. The Morgan fingerprint density at radius 3 is 1.85 bits per heavy atom. The van der Waals surface area contributed by atoms with Crippen molar-refractivity contribution in [2.45, 2.75) is 32.8 Å². The number of benzene rings is 2. The highest BCUT2D eigenvalue weighted by Crippen LogP contribution is 2.44. The molecule has 0 heterocycles. The Kier molecular flexibility index (Phi) is 3.62. The lowest BCUT2D eigenvalue weighted by Gasteiger charge is -2.20. The second-order valence-corrected chi connectivity index (χ2v) is 6.01. The Balaban J connectivity index is 1.91. The summed E-state index contributed by atoms with van der Waals surface area (Å²) < 4.78 is 6.10. The highest BCUT2D eigenvalue weighted by Gasteiger charge is 2.28. The van der Waals surface area contributed by atoms with Crippen molar-refractivity contribution < 1.29 is 4.74 Å². The molecule has 0 saturated carbocycles. The number of rotatable bonds is 4. The summed E-state index contributed by atoms with van der Waals surface area (Å²) in [6.07, 6.45) is 0.301. The fourth-order valence-corrected chi connectivity index (χ4v) is 2.88. The van der Waals surface area contributed by atoms with Gasteiger partial charge in [-0.3, -0.25) is 0 Å². The van der Waals surface area contributed by atoms with Crippen LogP contribution in [0, 0.1) is 5.92 Å². The van der Waals surface area contributed by atoms with Crippen molar-refractivity contribution in [2.24, 2.45) is 5.92 Å². The van der Waals surface area contributed by atoms with Gasteiger partial charge in [0.1, 0.15) is 0 Å². The Hall–Kier alpha value is -1.60. The lowest BCUT2D eigenvalue weighted by molar-refractivity contribution is 0.0316. The molecule has 0 spiro atoms. The molecule has 20 heavy (non-hydrogen) atoms. The second kappa shape index (κ2) is 5.41. The Morgan fingerprint density at radius 2 is 1.35 bits per heavy atom. The normalized spacial score (nSPS) is 15.2. The molecular formula is C19H22O. The Bertz CT molecular complexity index is 555. The number of fused-ring (bicyclic) bond motifs is 3. The summed E-state index contributed by atoms with van der Waals surface area (Å²) in [5.74, 6) is 0.936. The SMILES string of the molecule is CC(C)C(C)OCC1c2ccccc2-c2ccccc21. The van der Waals surface area contributed by atoms with Crippen LogP contribution in [0.2, 0.25) is 0 Å². The van der Waals surface area contributed by atoms with Gasteiger partial charge in [0.25, 0.3) is 0 Å². The summed E-state index contributed by atoms with van der Waals surface area (Å²) in [6.45, 7) is 7.35. The van der Waals surface area contributed by atoms with Gasteiger partial charge in [-0.2, -0.15) is 0 Å². The Labute approximate surface area is 121 Å². The van der Waals surface area contributed by atoms with Gasteiger partial charge in [0.15, 0.2) is 0 Å². The summed E-state index contributed by atoms with van der Waals surface area (Å²) in [6, 6.07) is 17.4. The van der Waals surface area contributed by atoms with Gasteiger partial charge in [0, 0.05) is 5.92 Å². The summed E-state index contributed by atoms with van der Waals surface area (Å²) in [5, 5.41) is 0. The van der Waals surface area contributed by atoms with E-state index < -0.39 is 0 Å². The highest BCUT2D eigenvalue weighted by molar-refractivity contribution is 5.78. The van der Waals surface area contributed by atoms with Crippen molar-refractivity contribution in [3.05, 3.63) is 59.7 Å². The van der Waals surface area contributed by atoms with Gasteiger partial charge >= 0.3 is 0 Å². The fourth-order valence-electron chi connectivity index (χ4n) is 2.88. The molecule has 1 aliphatic carbocycles. The zero-order valence-electron chi connectivity index (χ0n) is 12.5. The standard InChI is InChI=1S/C19H22O/c1-13(2)14(3)20-12-19-17-10-6-4-8-15(17)16-9-5-7-11-18(16)19/h4-11,13-14,19H,12H2,1-3H3. The quantitative estimate of drug-likeness (QED) is 0.768. The van der Waals surface area contributed by atoms with Crippen LogP contribution in [0.1, 0.15) is 37.8 Å². The minimum atomic E-state index is 0.301. The van der Waals surface area contributed by atoms with E-state index in [0.29, 0.717) is 17.9 Å². The van der Waals surface area contributed by atoms with Gasteiger partial charge in [-0.1, -0.05) is 62.4 Å². The molecule has 0 fully saturated rings. The highest BCUT2D eigenvalue weighted by atomic mass is 16.5. The molecular weight excluding hydrogens is 244 g/mol. The fraction of sp³-hybridized carbons (Fsp3) is 0.368. The van der Waals surface area contributed by atoms with Gasteiger partial charge in [-0.15, -0.1) is 0 Å². The third kappa shape index (κ3) is 2.27. The molecule has 1 nitrogen and oxygen atoms in total. The third-order valence-electron chi connectivity index (χ3n) is 4.43. The zero-order valence-corrected chi connectivity index (χ0v) is 12.5. The smallest absolute Gasteiger partial charge is 0.0579 e. The summed E-state index contributed by atoms with van der Waals surface area (Å²) in [5.41, 5.74) is 5.55. The second-order valence-electron chi connectivity index (χ2n) is 6.01. The number of hydrogen-bond acceptors (Lipinski definition) is 1. The Morgan fingerprint density at radius 1 is 0.850 bits per heavy atom. The van der Waals surface area contributed by atoms with E-state index in [9.17, 15) is 0 Å². The first-order valence-corrected chi connectivity index (χ1v) is 7.48. The van der Waals surface area contributed by atoms with E-state index in [0.717, 1.165) is 6.61 Å². The van der Waals surface area contributed by atoms with E-state index in [2.05, 4.69) is 69.3 Å². The van der Waals surface area contributed by atoms with E-state index in [-0.39, 0.29) is 0 Å². The monoisotopic (exact) mass is 266 g/mol. The molecule has 2 aromatic rings. The predicted octanol–water partition coefficient (Wildman–Crippen LogP) is 4.86. The van der Waals surface area contributed by atoms with Crippen molar-refractivity contribution >= 4 is 0 Å². The first kappa shape index (κ1) is 13.4. The van der Waals surface area contributed by atoms with Crippen LogP contribution in [0.5, 0.6) is 0 Å². The van der Waals surface area contributed by atoms with Gasteiger partial charge in [0.2, 0.25) is 0 Å². The van der Waals surface area contributed by atoms with Crippen LogP contribution in [-0.2, 0) is 4.74 Å². The van der Waals surface area contributed by atoms with Crippen LogP contribution in [0.3, 0.4) is 0 Å². The molecule has 1 atom stereocenters. The average molecular weight is 266 g/mol.